The van der Waals surface area contributed by atoms with Crippen molar-refractivity contribution in [2.75, 3.05) is 6.54 Å². The van der Waals surface area contributed by atoms with Crippen molar-refractivity contribution in [3.8, 4) is 0 Å². The Morgan fingerprint density at radius 2 is 2.16 bits per heavy atom. The number of carbonyl (C=O) groups is 1. The van der Waals surface area contributed by atoms with Crippen LogP contribution in [0.25, 0.3) is 0 Å². The van der Waals surface area contributed by atoms with Crippen LogP contribution in [0, 0.1) is 0 Å². The van der Waals surface area contributed by atoms with Gasteiger partial charge in [0.05, 0.1) is 12.2 Å². The number of aromatic nitrogens is 2. The van der Waals surface area contributed by atoms with Crippen molar-refractivity contribution in [1.29, 1.82) is 0 Å². The SMILES string of the molecule is Cn1nccc1CNC(=O)c1ccccc1CCN. The first-order valence-electron chi connectivity index (χ1n) is 6.25. The molecule has 1 amide bonds. The molecule has 1 aromatic carbocycles. The van der Waals surface area contributed by atoms with Crippen molar-refractivity contribution in [3.63, 3.8) is 0 Å². The summed E-state index contributed by atoms with van der Waals surface area (Å²) in [6.45, 7) is 0.998. The maximum Gasteiger partial charge on any atom is 0.251 e. The summed E-state index contributed by atoms with van der Waals surface area (Å²) in [6, 6.07) is 9.42. The second-order valence-electron chi connectivity index (χ2n) is 4.32. The zero-order valence-electron chi connectivity index (χ0n) is 11.0. The Bertz CT molecular complexity index is 562. The van der Waals surface area contributed by atoms with Crippen molar-refractivity contribution >= 4 is 5.91 Å². The number of aryl methyl sites for hydroxylation is 1. The highest BCUT2D eigenvalue weighted by Gasteiger charge is 2.10. The van der Waals surface area contributed by atoms with E-state index in [1.54, 1.807) is 10.9 Å². The van der Waals surface area contributed by atoms with Gasteiger partial charge in [0.1, 0.15) is 0 Å². The van der Waals surface area contributed by atoms with Crippen LogP contribution in [-0.4, -0.2) is 22.2 Å². The Hall–Kier alpha value is -2.14. The molecule has 0 radical (unpaired) electrons. The summed E-state index contributed by atoms with van der Waals surface area (Å²) >= 11 is 0. The first-order valence-corrected chi connectivity index (χ1v) is 6.25. The molecule has 5 nitrogen and oxygen atoms in total. The molecule has 1 heterocycles. The summed E-state index contributed by atoms with van der Waals surface area (Å²) in [4.78, 5) is 12.2. The maximum absolute atomic E-state index is 12.2. The third-order valence-electron chi connectivity index (χ3n) is 3.03. The Kier molecular flexibility index (Phi) is 4.30. The van der Waals surface area contributed by atoms with Gasteiger partial charge < -0.3 is 11.1 Å². The van der Waals surface area contributed by atoms with Gasteiger partial charge in [-0.25, -0.2) is 0 Å². The zero-order chi connectivity index (χ0) is 13.7. The minimum atomic E-state index is -0.0785. The number of amides is 1. The number of nitrogens with zero attached hydrogens (tertiary/aromatic N) is 2. The van der Waals surface area contributed by atoms with Crippen molar-refractivity contribution in [2.24, 2.45) is 12.8 Å². The van der Waals surface area contributed by atoms with E-state index in [2.05, 4.69) is 10.4 Å². The molecule has 0 aliphatic carbocycles. The molecule has 2 rings (SSSR count). The third-order valence-corrected chi connectivity index (χ3v) is 3.03. The average Bonchev–Trinajstić information content (AvgIpc) is 2.82. The molecule has 3 N–H and O–H groups in total. The lowest BCUT2D eigenvalue weighted by Crippen LogP contribution is -2.25. The second kappa shape index (κ2) is 6.15. The van der Waals surface area contributed by atoms with Gasteiger partial charge in [-0.1, -0.05) is 18.2 Å². The van der Waals surface area contributed by atoms with E-state index in [1.165, 1.54) is 0 Å². The molecule has 0 fully saturated rings. The van der Waals surface area contributed by atoms with Crippen molar-refractivity contribution in [1.82, 2.24) is 15.1 Å². The number of hydrogen-bond acceptors (Lipinski definition) is 3. The highest BCUT2D eigenvalue weighted by Crippen LogP contribution is 2.09. The lowest BCUT2D eigenvalue weighted by molar-refractivity contribution is 0.0949. The van der Waals surface area contributed by atoms with E-state index >= 15 is 0 Å². The number of rotatable bonds is 5. The molecule has 1 aromatic heterocycles. The van der Waals surface area contributed by atoms with Crippen LogP contribution in [0.5, 0.6) is 0 Å². The first kappa shape index (κ1) is 13.3. The number of nitrogens with one attached hydrogen (secondary N) is 1. The van der Waals surface area contributed by atoms with E-state index in [0.717, 1.165) is 11.3 Å². The minimum Gasteiger partial charge on any atom is -0.346 e. The van der Waals surface area contributed by atoms with E-state index in [0.29, 0.717) is 25.1 Å². The van der Waals surface area contributed by atoms with Crippen LogP contribution in [-0.2, 0) is 20.0 Å². The highest BCUT2D eigenvalue weighted by atomic mass is 16.1. The molecule has 100 valence electrons. The van der Waals surface area contributed by atoms with Gasteiger partial charge in [0.2, 0.25) is 0 Å². The Morgan fingerprint density at radius 3 is 2.84 bits per heavy atom. The van der Waals surface area contributed by atoms with Crippen LogP contribution in [0.4, 0.5) is 0 Å². The molecule has 2 aromatic rings. The quantitative estimate of drug-likeness (QED) is 0.835. The fraction of sp³-hybridized carbons (Fsp3) is 0.286. The summed E-state index contributed by atoms with van der Waals surface area (Å²) in [5.41, 5.74) is 8.19. The van der Waals surface area contributed by atoms with Crippen LogP contribution < -0.4 is 11.1 Å². The highest BCUT2D eigenvalue weighted by molar-refractivity contribution is 5.95. The number of carbonyl (C=O) groups excluding carboxylic acids is 1. The molecule has 19 heavy (non-hydrogen) atoms. The third kappa shape index (κ3) is 3.20. The van der Waals surface area contributed by atoms with Gasteiger partial charge in [-0.2, -0.15) is 5.10 Å². The van der Waals surface area contributed by atoms with E-state index in [9.17, 15) is 4.79 Å². The molecule has 0 saturated heterocycles. The fourth-order valence-corrected chi connectivity index (χ4v) is 1.96. The molecule has 0 bridgehead atoms. The molecular formula is C14H18N4O. The molecular weight excluding hydrogens is 240 g/mol. The van der Waals surface area contributed by atoms with Crippen LogP contribution in [0.1, 0.15) is 21.6 Å². The van der Waals surface area contributed by atoms with Gasteiger partial charge in [-0.05, 0) is 30.7 Å². The maximum atomic E-state index is 12.2. The van der Waals surface area contributed by atoms with Gasteiger partial charge in [0, 0.05) is 18.8 Å². The van der Waals surface area contributed by atoms with Gasteiger partial charge in [0.25, 0.3) is 5.91 Å². The smallest absolute Gasteiger partial charge is 0.251 e. The molecule has 0 atom stereocenters. The van der Waals surface area contributed by atoms with Gasteiger partial charge >= 0.3 is 0 Å². The molecule has 0 unspecified atom stereocenters. The second-order valence-corrected chi connectivity index (χ2v) is 4.32. The molecule has 5 heteroatoms. The van der Waals surface area contributed by atoms with Crippen molar-refractivity contribution < 1.29 is 4.79 Å². The molecule has 0 saturated carbocycles. The van der Waals surface area contributed by atoms with Crippen LogP contribution in [0.2, 0.25) is 0 Å². The summed E-state index contributed by atoms with van der Waals surface area (Å²) in [5.74, 6) is -0.0785. The van der Waals surface area contributed by atoms with Crippen LogP contribution in [0.3, 0.4) is 0 Å². The summed E-state index contributed by atoms with van der Waals surface area (Å²) in [6.07, 6.45) is 2.42. The predicted octanol–water partition coefficient (Wildman–Crippen LogP) is 0.851. The Balaban J connectivity index is 2.06. The fourth-order valence-electron chi connectivity index (χ4n) is 1.96. The number of benzene rings is 1. The van der Waals surface area contributed by atoms with Crippen LogP contribution >= 0.6 is 0 Å². The number of nitrogens with two attached hydrogens (primary N) is 1. The number of hydrogen-bond donors (Lipinski definition) is 2. The minimum absolute atomic E-state index is 0.0785. The predicted molar refractivity (Wildman–Crippen MR) is 73.6 cm³/mol. The average molecular weight is 258 g/mol. The van der Waals surface area contributed by atoms with E-state index in [4.69, 9.17) is 5.73 Å². The largest absolute Gasteiger partial charge is 0.346 e. The zero-order valence-corrected chi connectivity index (χ0v) is 11.0. The molecule has 0 spiro atoms. The Morgan fingerprint density at radius 1 is 1.37 bits per heavy atom. The van der Waals surface area contributed by atoms with E-state index in [1.807, 2.05) is 37.4 Å². The van der Waals surface area contributed by atoms with Gasteiger partial charge in [-0.3, -0.25) is 9.48 Å². The first-order chi connectivity index (χ1) is 9.22. The Labute approximate surface area is 112 Å². The van der Waals surface area contributed by atoms with Gasteiger partial charge in [0.15, 0.2) is 0 Å². The van der Waals surface area contributed by atoms with Gasteiger partial charge in [-0.15, -0.1) is 0 Å². The van der Waals surface area contributed by atoms with Crippen LogP contribution in [0.15, 0.2) is 36.5 Å². The monoisotopic (exact) mass is 258 g/mol. The summed E-state index contributed by atoms with van der Waals surface area (Å²) < 4.78 is 1.74. The topological polar surface area (TPSA) is 72.9 Å². The summed E-state index contributed by atoms with van der Waals surface area (Å²) in [7, 11) is 1.85. The molecule has 0 aliphatic heterocycles. The molecule has 0 aliphatic rings. The van der Waals surface area contributed by atoms with Crippen molar-refractivity contribution in [3.05, 3.63) is 53.3 Å². The lowest BCUT2D eigenvalue weighted by Gasteiger charge is -2.09. The van der Waals surface area contributed by atoms with E-state index in [-0.39, 0.29) is 5.91 Å². The normalized spacial score (nSPS) is 10.4. The summed E-state index contributed by atoms with van der Waals surface area (Å²) in [5, 5.41) is 6.96. The lowest BCUT2D eigenvalue weighted by atomic mass is 10.0. The van der Waals surface area contributed by atoms with E-state index < -0.39 is 0 Å². The van der Waals surface area contributed by atoms with Crippen molar-refractivity contribution in [2.45, 2.75) is 13.0 Å². The standard InChI is InChI=1S/C14H18N4O/c1-18-12(7-9-17-18)10-16-14(19)13-5-3-2-4-11(13)6-8-15/h2-5,7,9H,6,8,10,15H2,1H3,(H,16,19).